The van der Waals surface area contributed by atoms with Gasteiger partial charge in [0.2, 0.25) is 0 Å². The van der Waals surface area contributed by atoms with Gasteiger partial charge in [-0.15, -0.1) is 0 Å². The van der Waals surface area contributed by atoms with Crippen molar-refractivity contribution in [2.45, 2.75) is 49.6 Å². The number of rotatable bonds is 6. The van der Waals surface area contributed by atoms with E-state index in [-0.39, 0.29) is 17.8 Å². The maximum Gasteiger partial charge on any atom is 0.251 e. The van der Waals surface area contributed by atoms with Crippen molar-refractivity contribution in [1.82, 2.24) is 31.1 Å². The number of fused-ring (bicyclic) bond motifs is 1. The third-order valence-electron chi connectivity index (χ3n) is 7.94. The molecular formula is C28H34FN7O2. The predicted molar refractivity (Wildman–Crippen MR) is 142 cm³/mol. The summed E-state index contributed by atoms with van der Waals surface area (Å²) < 4.78 is 19.2. The molecule has 4 heterocycles. The number of anilines is 1. The number of carbonyl (C=O) groups excluding carboxylic acids is 1. The molecule has 10 heteroatoms. The average Bonchev–Trinajstić information content (AvgIpc) is 3.46. The lowest BCUT2D eigenvalue weighted by Crippen LogP contribution is -2.46. The van der Waals surface area contributed by atoms with Crippen molar-refractivity contribution in [2.75, 3.05) is 38.1 Å². The van der Waals surface area contributed by atoms with Crippen molar-refractivity contribution in [3.8, 4) is 5.75 Å². The minimum Gasteiger partial charge on any atom is -0.493 e. The topological polar surface area (TPSA) is 116 Å². The number of amides is 1. The number of aromatic amines is 1. The van der Waals surface area contributed by atoms with Gasteiger partial charge in [0, 0.05) is 35.2 Å². The number of nitrogens with one attached hydrogen (secondary N) is 5. The maximum absolute atomic E-state index is 13.6. The van der Waals surface area contributed by atoms with Gasteiger partial charge in [0.25, 0.3) is 5.91 Å². The molecule has 200 valence electrons. The maximum atomic E-state index is 13.6. The molecule has 3 aliphatic heterocycles. The van der Waals surface area contributed by atoms with Gasteiger partial charge < -0.3 is 26.0 Å². The standard InChI is InChI=1S/C28H34FN7O2/c29-20-4-5-22-23(8-15-38-24(22)17-20)32-26(37)19-2-1-3-21(16-19)34-28(9-13-31-14-10-28)27-33-25(35-36-27)18-6-11-30-12-7-18/h1-5,16-18,23,30-31,34H,6-15H2,(H,32,37)(H,33,35,36)/t23-/m0/s1. The van der Waals surface area contributed by atoms with Crippen LogP contribution in [0.15, 0.2) is 42.5 Å². The number of hydrogen-bond donors (Lipinski definition) is 5. The number of piperidine rings is 2. The highest BCUT2D eigenvalue weighted by molar-refractivity contribution is 5.95. The summed E-state index contributed by atoms with van der Waals surface area (Å²) in [4.78, 5) is 18.2. The zero-order valence-corrected chi connectivity index (χ0v) is 21.4. The summed E-state index contributed by atoms with van der Waals surface area (Å²) in [5.74, 6) is 2.10. The number of halogens is 1. The molecule has 2 saturated heterocycles. The zero-order chi connectivity index (χ0) is 26.0. The summed E-state index contributed by atoms with van der Waals surface area (Å²) in [5.41, 5.74) is 1.77. The van der Waals surface area contributed by atoms with Crippen LogP contribution in [0.4, 0.5) is 10.1 Å². The van der Waals surface area contributed by atoms with Gasteiger partial charge in [-0.1, -0.05) is 12.1 Å². The van der Waals surface area contributed by atoms with Crippen LogP contribution in [0.5, 0.6) is 5.75 Å². The van der Waals surface area contributed by atoms with Crippen molar-refractivity contribution in [1.29, 1.82) is 0 Å². The van der Waals surface area contributed by atoms with Crippen molar-refractivity contribution < 1.29 is 13.9 Å². The lowest BCUT2D eigenvalue weighted by Gasteiger charge is -2.37. The molecule has 6 rings (SSSR count). The lowest BCUT2D eigenvalue weighted by molar-refractivity contribution is 0.0924. The third kappa shape index (κ3) is 5.10. The molecule has 3 aliphatic rings. The number of nitrogens with zero attached hydrogens (tertiary/aromatic N) is 2. The van der Waals surface area contributed by atoms with Crippen LogP contribution < -0.4 is 26.0 Å². The molecule has 3 aromatic rings. The van der Waals surface area contributed by atoms with E-state index in [1.54, 1.807) is 6.07 Å². The van der Waals surface area contributed by atoms with E-state index in [2.05, 4.69) is 31.5 Å². The van der Waals surface area contributed by atoms with Gasteiger partial charge in [0.15, 0.2) is 5.82 Å². The van der Waals surface area contributed by atoms with Gasteiger partial charge in [-0.25, -0.2) is 9.37 Å². The van der Waals surface area contributed by atoms with Crippen molar-refractivity contribution >= 4 is 11.6 Å². The third-order valence-corrected chi connectivity index (χ3v) is 7.94. The Morgan fingerprint density at radius 2 is 1.84 bits per heavy atom. The van der Waals surface area contributed by atoms with Gasteiger partial charge in [-0.05, 0) is 76.1 Å². The summed E-state index contributed by atoms with van der Waals surface area (Å²) >= 11 is 0. The van der Waals surface area contributed by atoms with E-state index in [1.807, 2.05) is 24.3 Å². The summed E-state index contributed by atoms with van der Waals surface area (Å²) in [6, 6.07) is 11.8. The van der Waals surface area contributed by atoms with Crippen LogP contribution in [0.25, 0.3) is 0 Å². The number of hydrogen-bond acceptors (Lipinski definition) is 7. The Morgan fingerprint density at radius 1 is 1.03 bits per heavy atom. The summed E-state index contributed by atoms with van der Waals surface area (Å²) in [5, 5.41) is 21.6. The van der Waals surface area contributed by atoms with Crippen molar-refractivity contribution in [3.63, 3.8) is 0 Å². The molecule has 2 aromatic carbocycles. The SMILES string of the molecule is O=C(N[C@H]1CCOc2cc(F)ccc21)c1cccc(NC2(c3n[nH]c(C4CCNCC4)n3)CCNCC2)c1. The van der Waals surface area contributed by atoms with E-state index >= 15 is 0 Å². The Bertz CT molecular complexity index is 1280. The number of H-pyrrole nitrogens is 1. The largest absolute Gasteiger partial charge is 0.493 e. The Labute approximate surface area is 221 Å². The van der Waals surface area contributed by atoms with E-state index in [4.69, 9.17) is 9.72 Å². The summed E-state index contributed by atoms with van der Waals surface area (Å²) in [7, 11) is 0. The van der Waals surface area contributed by atoms with Gasteiger partial charge in [0.1, 0.15) is 22.9 Å². The van der Waals surface area contributed by atoms with Crippen LogP contribution >= 0.6 is 0 Å². The van der Waals surface area contributed by atoms with Crippen LogP contribution in [-0.2, 0) is 5.54 Å². The predicted octanol–water partition coefficient (Wildman–Crippen LogP) is 3.36. The molecule has 0 radical (unpaired) electrons. The molecule has 0 aliphatic carbocycles. The molecule has 2 fully saturated rings. The minimum atomic E-state index is -0.425. The molecule has 1 aromatic heterocycles. The quantitative estimate of drug-likeness (QED) is 0.339. The molecule has 0 unspecified atom stereocenters. The fraction of sp³-hybridized carbons (Fsp3) is 0.464. The van der Waals surface area contributed by atoms with Gasteiger partial charge in [-0.2, -0.15) is 5.10 Å². The lowest BCUT2D eigenvalue weighted by atomic mass is 9.87. The number of aromatic nitrogens is 3. The Hall–Kier alpha value is -3.50. The highest BCUT2D eigenvalue weighted by Crippen LogP contribution is 2.35. The minimum absolute atomic E-state index is 0.179. The van der Waals surface area contributed by atoms with Crippen LogP contribution in [0, 0.1) is 5.82 Å². The monoisotopic (exact) mass is 519 g/mol. The zero-order valence-electron chi connectivity index (χ0n) is 21.4. The highest BCUT2D eigenvalue weighted by Gasteiger charge is 2.38. The van der Waals surface area contributed by atoms with E-state index in [1.165, 1.54) is 12.1 Å². The van der Waals surface area contributed by atoms with Crippen LogP contribution in [0.2, 0.25) is 0 Å². The second-order valence-electron chi connectivity index (χ2n) is 10.5. The first kappa shape index (κ1) is 24.8. The first-order chi connectivity index (χ1) is 18.6. The van der Waals surface area contributed by atoms with Gasteiger partial charge in [-0.3, -0.25) is 9.89 Å². The second-order valence-corrected chi connectivity index (χ2v) is 10.5. The molecule has 1 atom stereocenters. The van der Waals surface area contributed by atoms with Crippen molar-refractivity contribution in [2.24, 2.45) is 0 Å². The number of benzene rings is 2. The average molecular weight is 520 g/mol. The normalized spacial score (nSPS) is 21.2. The van der Waals surface area contributed by atoms with Crippen LogP contribution in [0.1, 0.15) is 71.6 Å². The van der Waals surface area contributed by atoms with Crippen molar-refractivity contribution in [3.05, 3.63) is 71.1 Å². The molecule has 38 heavy (non-hydrogen) atoms. The fourth-order valence-corrected chi connectivity index (χ4v) is 5.79. The highest BCUT2D eigenvalue weighted by atomic mass is 19.1. The van der Waals surface area contributed by atoms with Gasteiger partial charge >= 0.3 is 0 Å². The first-order valence-electron chi connectivity index (χ1n) is 13.6. The van der Waals surface area contributed by atoms with Crippen LogP contribution in [0.3, 0.4) is 0 Å². The van der Waals surface area contributed by atoms with Crippen LogP contribution in [-0.4, -0.2) is 53.9 Å². The summed E-state index contributed by atoms with van der Waals surface area (Å²) in [6.45, 7) is 4.14. The van der Waals surface area contributed by atoms with E-state index in [0.29, 0.717) is 30.3 Å². The first-order valence-corrected chi connectivity index (χ1v) is 13.6. The molecule has 0 saturated carbocycles. The molecule has 0 spiro atoms. The van der Waals surface area contributed by atoms with E-state index < -0.39 is 5.54 Å². The Morgan fingerprint density at radius 3 is 2.68 bits per heavy atom. The molecule has 9 nitrogen and oxygen atoms in total. The van der Waals surface area contributed by atoms with E-state index in [0.717, 1.165) is 74.8 Å². The van der Waals surface area contributed by atoms with E-state index in [9.17, 15) is 9.18 Å². The van der Waals surface area contributed by atoms with Gasteiger partial charge in [0.05, 0.1) is 12.6 Å². The number of carbonyl (C=O) groups is 1. The molecule has 0 bridgehead atoms. The molecule has 1 amide bonds. The number of ether oxygens (including phenoxy) is 1. The smallest absolute Gasteiger partial charge is 0.251 e. The Kier molecular flexibility index (Phi) is 6.99. The summed E-state index contributed by atoms with van der Waals surface area (Å²) in [6.07, 6.45) is 4.41. The molecule has 5 N–H and O–H groups in total. The molecular weight excluding hydrogens is 485 g/mol. The fourth-order valence-electron chi connectivity index (χ4n) is 5.79. The Balaban J connectivity index is 1.20. The second kappa shape index (κ2) is 10.7.